The highest BCUT2D eigenvalue weighted by Crippen LogP contribution is 2.41. The molecule has 1 amide bonds. The van der Waals surface area contributed by atoms with Crippen LogP contribution >= 0.6 is 11.8 Å². The molecule has 2 aliphatic rings. The van der Waals surface area contributed by atoms with Crippen molar-refractivity contribution in [3.05, 3.63) is 24.3 Å². The summed E-state index contributed by atoms with van der Waals surface area (Å²) in [5.74, 6) is 0.787. The number of thioether (sulfide) groups is 1. The first-order valence-electron chi connectivity index (χ1n) is 7.94. The molecule has 2 heterocycles. The van der Waals surface area contributed by atoms with E-state index in [-0.39, 0.29) is 28.7 Å². The van der Waals surface area contributed by atoms with E-state index >= 15 is 0 Å². The van der Waals surface area contributed by atoms with Gasteiger partial charge in [-0.25, -0.2) is 8.42 Å². The summed E-state index contributed by atoms with van der Waals surface area (Å²) in [4.78, 5) is 17.8. The Hall–Kier alpha value is -1.54. The van der Waals surface area contributed by atoms with Gasteiger partial charge in [0.2, 0.25) is 5.91 Å². The normalized spacial score (nSPS) is 26.6. The fourth-order valence-corrected chi connectivity index (χ4v) is 6.85. The van der Waals surface area contributed by atoms with Gasteiger partial charge >= 0.3 is 0 Å². The summed E-state index contributed by atoms with van der Waals surface area (Å²) in [7, 11) is -3.05. The van der Waals surface area contributed by atoms with Crippen molar-refractivity contribution in [1.82, 2.24) is 0 Å². The molecule has 2 saturated heterocycles. The Morgan fingerprint density at radius 3 is 2.62 bits per heavy atom. The molecule has 0 N–H and O–H groups in total. The number of ether oxygens (including phenoxy) is 1. The van der Waals surface area contributed by atoms with E-state index in [4.69, 9.17) is 4.74 Å². The lowest BCUT2D eigenvalue weighted by molar-refractivity contribution is -0.117. The van der Waals surface area contributed by atoms with Gasteiger partial charge in [-0.3, -0.25) is 4.79 Å². The number of nitrogens with zero attached hydrogens (tertiary/aromatic N) is 2. The SMILES string of the molecule is CCOc1ccc(N2C(=NC(=O)CC)S[C@H]3CS(=O)(=O)C[C@@H]32)cc1. The second-order valence-corrected chi connectivity index (χ2v) is 9.10. The number of anilines is 1. The topological polar surface area (TPSA) is 76.0 Å². The second kappa shape index (κ2) is 6.76. The summed E-state index contributed by atoms with van der Waals surface area (Å²) in [6.07, 6.45) is 0.328. The first kappa shape index (κ1) is 17.3. The molecule has 2 atom stereocenters. The van der Waals surface area contributed by atoms with Gasteiger partial charge in [-0.2, -0.15) is 4.99 Å². The van der Waals surface area contributed by atoms with Gasteiger partial charge in [0.1, 0.15) is 5.75 Å². The number of aliphatic imine (C=N–C) groups is 1. The molecule has 24 heavy (non-hydrogen) atoms. The molecular formula is C16H20N2O4S2. The first-order valence-corrected chi connectivity index (χ1v) is 10.6. The van der Waals surface area contributed by atoms with E-state index in [2.05, 4.69) is 4.99 Å². The minimum Gasteiger partial charge on any atom is -0.494 e. The Labute approximate surface area is 146 Å². The van der Waals surface area contributed by atoms with E-state index < -0.39 is 9.84 Å². The number of fused-ring (bicyclic) bond motifs is 1. The third-order valence-corrected chi connectivity index (χ3v) is 7.23. The van der Waals surface area contributed by atoms with Crippen LogP contribution in [0.15, 0.2) is 29.3 Å². The molecule has 0 aromatic heterocycles. The minimum absolute atomic E-state index is 0.0787. The van der Waals surface area contributed by atoms with Crippen LogP contribution in [0.5, 0.6) is 5.75 Å². The maximum atomic E-state index is 12.0. The van der Waals surface area contributed by atoms with Crippen LogP contribution in [0.4, 0.5) is 5.69 Å². The van der Waals surface area contributed by atoms with Gasteiger partial charge in [-0.15, -0.1) is 0 Å². The Morgan fingerprint density at radius 1 is 1.29 bits per heavy atom. The largest absolute Gasteiger partial charge is 0.494 e. The summed E-state index contributed by atoms with van der Waals surface area (Å²) in [5, 5.41) is 0.515. The molecule has 0 radical (unpaired) electrons. The molecule has 8 heteroatoms. The highest BCUT2D eigenvalue weighted by molar-refractivity contribution is 8.16. The van der Waals surface area contributed by atoms with E-state index in [0.717, 1.165) is 11.4 Å². The summed E-state index contributed by atoms with van der Waals surface area (Å²) < 4.78 is 29.4. The van der Waals surface area contributed by atoms with Gasteiger partial charge in [0.25, 0.3) is 0 Å². The number of carbonyl (C=O) groups excluding carboxylic acids is 1. The molecule has 0 aliphatic carbocycles. The Morgan fingerprint density at radius 2 is 2.00 bits per heavy atom. The van der Waals surface area contributed by atoms with E-state index in [1.54, 1.807) is 6.92 Å². The molecular weight excluding hydrogens is 348 g/mol. The molecule has 2 aliphatic heterocycles. The fraction of sp³-hybridized carbons (Fsp3) is 0.500. The quantitative estimate of drug-likeness (QED) is 0.810. The monoisotopic (exact) mass is 368 g/mol. The zero-order valence-corrected chi connectivity index (χ0v) is 15.3. The van der Waals surface area contributed by atoms with Crippen LogP contribution in [-0.4, -0.2) is 48.9 Å². The maximum Gasteiger partial charge on any atom is 0.247 e. The number of carbonyl (C=O) groups is 1. The van der Waals surface area contributed by atoms with Gasteiger partial charge in [0.15, 0.2) is 15.0 Å². The van der Waals surface area contributed by atoms with Crippen molar-refractivity contribution in [2.75, 3.05) is 23.0 Å². The Balaban J connectivity index is 1.95. The molecule has 0 unspecified atom stereocenters. The average Bonchev–Trinajstić information content (AvgIpc) is 2.99. The smallest absolute Gasteiger partial charge is 0.247 e. The van der Waals surface area contributed by atoms with Crippen LogP contribution in [0.3, 0.4) is 0 Å². The maximum absolute atomic E-state index is 12.0. The van der Waals surface area contributed by atoms with E-state index in [0.29, 0.717) is 18.2 Å². The van der Waals surface area contributed by atoms with Gasteiger partial charge in [-0.1, -0.05) is 18.7 Å². The van der Waals surface area contributed by atoms with Crippen molar-refractivity contribution >= 4 is 38.4 Å². The molecule has 0 bridgehead atoms. The molecule has 0 spiro atoms. The lowest BCUT2D eigenvalue weighted by Gasteiger charge is -2.24. The molecule has 1 aromatic rings. The van der Waals surface area contributed by atoms with Crippen LogP contribution in [0.2, 0.25) is 0 Å². The number of hydrogen-bond acceptors (Lipinski definition) is 5. The number of hydrogen-bond donors (Lipinski definition) is 0. The van der Waals surface area contributed by atoms with Crippen molar-refractivity contribution in [1.29, 1.82) is 0 Å². The molecule has 0 saturated carbocycles. The van der Waals surface area contributed by atoms with Crippen LogP contribution in [0.1, 0.15) is 20.3 Å². The number of amidine groups is 1. The summed E-state index contributed by atoms with van der Waals surface area (Å²) in [6.45, 7) is 4.26. The zero-order valence-electron chi connectivity index (χ0n) is 13.6. The van der Waals surface area contributed by atoms with Gasteiger partial charge in [0.05, 0.1) is 24.2 Å². The predicted molar refractivity (Wildman–Crippen MR) is 96.6 cm³/mol. The lowest BCUT2D eigenvalue weighted by Crippen LogP contribution is -2.37. The Kier molecular flexibility index (Phi) is 4.87. The van der Waals surface area contributed by atoms with Gasteiger partial charge in [-0.05, 0) is 31.2 Å². The van der Waals surface area contributed by atoms with Crippen molar-refractivity contribution in [3.63, 3.8) is 0 Å². The fourth-order valence-electron chi connectivity index (χ4n) is 2.92. The number of amides is 1. The third kappa shape index (κ3) is 3.44. The Bertz CT molecular complexity index is 759. The highest BCUT2D eigenvalue weighted by atomic mass is 32.2. The lowest BCUT2D eigenvalue weighted by atomic mass is 10.2. The van der Waals surface area contributed by atoms with E-state index in [1.807, 2.05) is 36.1 Å². The standard InChI is InChI=1S/C16H20N2O4S2/c1-3-15(19)17-16-18(11-5-7-12(8-6-11)22-4-2)13-9-24(20,21)10-14(13)23-16/h5-8,13-14H,3-4,9-10H2,1-2H3/t13-,14-/m0/s1. The second-order valence-electron chi connectivity index (χ2n) is 5.74. The predicted octanol–water partition coefficient (Wildman–Crippen LogP) is 2.10. The summed E-state index contributed by atoms with van der Waals surface area (Å²) in [6, 6.07) is 7.27. The van der Waals surface area contributed by atoms with Crippen LogP contribution in [0.25, 0.3) is 0 Å². The van der Waals surface area contributed by atoms with Crippen LogP contribution in [0, 0.1) is 0 Å². The third-order valence-electron chi connectivity index (χ3n) is 4.02. The molecule has 130 valence electrons. The minimum atomic E-state index is -3.05. The van der Waals surface area contributed by atoms with Crippen molar-refractivity contribution in [2.45, 2.75) is 31.6 Å². The number of benzene rings is 1. The molecule has 2 fully saturated rings. The summed E-state index contributed by atoms with van der Waals surface area (Å²) >= 11 is 1.39. The first-order chi connectivity index (χ1) is 11.4. The van der Waals surface area contributed by atoms with Crippen molar-refractivity contribution < 1.29 is 17.9 Å². The number of rotatable bonds is 4. The molecule has 1 aromatic carbocycles. The van der Waals surface area contributed by atoms with Crippen molar-refractivity contribution in [2.24, 2.45) is 4.99 Å². The molecule has 3 rings (SSSR count). The van der Waals surface area contributed by atoms with E-state index in [1.165, 1.54) is 11.8 Å². The molecule has 6 nitrogen and oxygen atoms in total. The average molecular weight is 368 g/mol. The van der Waals surface area contributed by atoms with Crippen molar-refractivity contribution in [3.8, 4) is 5.75 Å². The van der Waals surface area contributed by atoms with Crippen LogP contribution in [-0.2, 0) is 14.6 Å². The highest BCUT2D eigenvalue weighted by Gasteiger charge is 2.49. The van der Waals surface area contributed by atoms with Gasteiger partial charge in [0, 0.05) is 17.4 Å². The van der Waals surface area contributed by atoms with E-state index in [9.17, 15) is 13.2 Å². The number of sulfone groups is 1. The van der Waals surface area contributed by atoms with Gasteiger partial charge < -0.3 is 9.64 Å². The van der Waals surface area contributed by atoms with Crippen LogP contribution < -0.4 is 9.64 Å². The summed E-state index contributed by atoms with van der Waals surface area (Å²) in [5.41, 5.74) is 0.832. The zero-order chi connectivity index (χ0) is 17.3.